The molecule has 20 heavy (non-hydrogen) atoms. The lowest BCUT2D eigenvalue weighted by atomic mass is 10.2. The Morgan fingerprint density at radius 1 is 1.50 bits per heavy atom. The van der Waals surface area contributed by atoms with Crippen molar-refractivity contribution < 1.29 is 14.8 Å². The molecule has 1 aromatic carbocycles. The van der Waals surface area contributed by atoms with Gasteiger partial charge in [-0.3, -0.25) is 14.9 Å². The van der Waals surface area contributed by atoms with E-state index in [1.165, 1.54) is 6.07 Å². The number of aliphatic hydroxyl groups excluding tert-OH is 1. The average Bonchev–Trinajstić information content (AvgIpc) is 2.93. The van der Waals surface area contributed by atoms with Crippen LogP contribution in [0, 0.1) is 10.1 Å². The van der Waals surface area contributed by atoms with Gasteiger partial charge in [-0.05, 0) is 18.9 Å². The maximum atomic E-state index is 12.1. The predicted octanol–water partition coefficient (Wildman–Crippen LogP) is 0.990. The highest BCUT2D eigenvalue weighted by molar-refractivity contribution is 5.82. The number of nitro benzene ring substituents is 1. The van der Waals surface area contributed by atoms with Crippen molar-refractivity contribution in [3.05, 3.63) is 34.4 Å². The zero-order chi connectivity index (χ0) is 14.5. The zero-order valence-corrected chi connectivity index (χ0v) is 11.0. The molecule has 1 aliphatic heterocycles. The molecule has 7 nitrogen and oxygen atoms in total. The molecule has 1 fully saturated rings. The summed E-state index contributed by atoms with van der Waals surface area (Å²) in [7, 11) is 0. The lowest BCUT2D eigenvalue weighted by Gasteiger charge is -2.23. The fourth-order valence-corrected chi connectivity index (χ4v) is 2.41. The molecule has 1 aromatic rings. The van der Waals surface area contributed by atoms with E-state index < -0.39 is 4.92 Å². The van der Waals surface area contributed by atoms with Crippen molar-refractivity contribution >= 4 is 17.3 Å². The molecular formula is C13H17N3O4. The highest BCUT2D eigenvalue weighted by atomic mass is 16.6. The molecule has 1 aliphatic rings. The Morgan fingerprint density at radius 3 is 2.95 bits per heavy atom. The molecule has 1 heterocycles. The highest BCUT2D eigenvalue weighted by Gasteiger charge is 2.27. The molecule has 2 N–H and O–H groups in total. The van der Waals surface area contributed by atoms with Crippen molar-refractivity contribution in [3.8, 4) is 0 Å². The summed E-state index contributed by atoms with van der Waals surface area (Å²) in [6.45, 7) is 0.571. The zero-order valence-electron chi connectivity index (χ0n) is 11.0. The Hall–Kier alpha value is -2.15. The number of anilines is 1. The van der Waals surface area contributed by atoms with Crippen molar-refractivity contribution in [2.75, 3.05) is 25.0 Å². The monoisotopic (exact) mass is 279 g/mol. The molecule has 0 saturated carbocycles. The number of nitrogens with one attached hydrogen (secondary N) is 1. The van der Waals surface area contributed by atoms with E-state index in [9.17, 15) is 20.0 Å². The van der Waals surface area contributed by atoms with E-state index in [4.69, 9.17) is 0 Å². The van der Waals surface area contributed by atoms with Gasteiger partial charge in [-0.1, -0.05) is 12.1 Å². The van der Waals surface area contributed by atoms with Crippen LogP contribution in [0.1, 0.15) is 12.8 Å². The van der Waals surface area contributed by atoms with Gasteiger partial charge in [0, 0.05) is 12.6 Å². The van der Waals surface area contributed by atoms with E-state index in [2.05, 4.69) is 5.32 Å². The van der Waals surface area contributed by atoms with Crippen LogP contribution in [0.4, 0.5) is 11.4 Å². The van der Waals surface area contributed by atoms with Crippen LogP contribution in [-0.2, 0) is 4.79 Å². The third-order valence-electron chi connectivity index (χ3n) is 3.44. The fourth-order valence-electron chi connectivity index (χ4n) is 2.41. The molecule has 108 valence electrons. The van der Waals surface area contributed by atoms with Gasteiger partial charge in [0.25, 0.3) is 5.69 Å². The fraction of sp³-hybridized carbons (Fsp3) is 0.462. The van der Waals surface area contributed by atoms with E-state index in [0.29, 0.717) is 12.2 Å². The second kappa shape index (κ2) is 6.33. The van der Waals surface area contributed by atoms with Crippen LogP contribution in [0.15, 0.2) is 24.3 Å². The molecule has 0 bridgehead atoms. The number of carbonyl (C=O) groups is 1. The number of carbonyl (C=O) groups excluding carboxylic acids is 1. The maximum Gasteiger partial charge on any atom is 0.292 e. The predicted molar refractivity (Wildman–Crippen MR) is 73.4 cm³/mol. The number of nitrogens with zero attached hydrogens (tertiary/aromatic N) is 2. The van der Waals surface area contributed by atoms with Crippen molar-refractivity contribution in [2.24, 2.45) is 0 Å². The molecular weight excluding hydrogens is 262 g/mol. The molecule has 7 heteroatoms. The number of hydrogen-bond donors (Lipinski definition) is 2. The van der Waals surface area contributed by atoms with Gasteiger partial charge in [0.1, 0.15) is 5.69 Å². The Kier molecular flexibility index (Phi) is 4.52. The summed E-state index contributed by atoms with van der Waals surface area (Å²) in [6, 6.07) is 6.08. The van der Waals surface area contributed by atoms with Gasteiger partial charge in [-0.15, -0.1) is 0 Å². The molecule has 0 radical (unpaired) electrons. The number of para-hydroxylation sites is 2. The van der Waals surface area contributed by atoms with Gasteiger partial charge in [-0.25, -0.2) is 0 Å². The van der Waals surface area contributed by atoms with Crippen LogP contribution in [0.25, 0.3) is 0 Å². The van der Waals surface area contributed by atoms with Gasteiger partial charge in [0.05, 0.1) is 24.1 Å². The van der Waals surface area contributed by atoms with Crippen LogP contribution >= 0.6 is 0 Å². The Balaban J connectivity index is 1.98. The van der Waals surface area contributed by atoms with E-state index >= 15 is 0 Å². The van der Waals surface area contributed by atoms with Crippen LogP contribution in [-0.4, -0.2) is 46.6 Å². The summed E-state index contributed by atoms with van der Waals surface area (Å²) < 4.78 is 0. The summed E-state index contributed by atoms with van der Waals surface area (Å²) in [4.78, 5) is 24.0. The van der Waals surface area contributed by atoms with Crippen molar-refractivity contribution in [3.63, 3.8) is 0 Å². The topological polar surface area (TPSA) is 95.7 Å². The average molecular weight is 279 g/mol. The normalized spacial score (nSPS) is 18.1. The van der Waals surface area contributed by atoms with Crippen molar-refractivity contribution in [1.82, 2.24) is 4.90 Å². The number of nitro groups is 1. The van der Waals surface area contributed by atoms with Crippen LogP contribution in [0.3, 0.4) is 0 Å². The number of rotatable bonds is 5. The lowest BCUT2D eigenvalue weighted by molar-refractivity contribution is -0.383. The smallest absolute Gasteiger partial charge is 0.292 e. The number of aliphatic hydroxyl groups is 1. The summed E-state index contributed by atoms with van der Waals surface area (Å²) in [5.41, 5.74) is 0.269. The minimum Gasteiger partial charge on any atom is -0.394 e. The second-order valence-electron chi connectivity index (χ2n) is 4.69. The Bertz CT molecular complexity index is 506. The van der Waals surface area contributed by atoms with Gasteiger partial charge < -0.3 is 15.3 Å². The first-order chi connectivity index (χ1) is 9.63. The lowest BCUT2D eigenvalue weighted by Crippen LogP contribution is -2.40. The molecule has 1 saturated heterocycles. The molecule has 2 rings (SSSR count). The van der Waals surface area contributed by atoms with Crippen molar-refractivity contribution in [1.29, 1.82) is 0 Å². The van der Waals surface area contributed by atoms with Gasteiger partial charge >= 0.3 is 0 Å². The van der Waals surface area contributed by atoms with Gasteiger partial charge in [0.15, 0.2) is 0 Å². The molecule has 1 atom stereocenters. The Labute approximate surface area is 116 Å². The van der Waals surface area contributed by atoms with E-state index in [0.717, 1.165) is 12.8 Å². The van der Waals surface area contributed by atoms with E-state index in [1.807, 2.05) is 0 Å². The number of hydrogen-bond acceptors (Lipinski definition) is 5. The SMILES string of the molecule is O=C(CNc1ccccc1[N+](=O)[O-])N1CCC[C@@H]1CO. The summed E-state index contributed by atoms with van der Waals surface area (Å²) >= 11 is 0. The highest BCUT2D eigenvalue weighted by Crippen LogP contribution is 2.23. The van der Waals surface area contributed by atoms with Crippen LogP contribution < -0.4 is 5.32 Å². The standard InChI is InChI=1S/C13H17N3O4/c17-9-10-4-3-7-15(10)13(18)8-14-11-5-1-2-6-12(11)16(19)20/h1-2,5-6,10,14,17H,3-4,7-9H2/t10-/m1/s1. The van der Waals surface area contributed by atoms with Crippen LogP contribution in [0.2, 0.25) is 0 Å². The first-order valence-corrected chi connectivity index (χ1v) is 6.51. The Morgan fingerprint density at radius 2 is 2.25 bits per heavy atom. The largest absolute Gasteiger partial charge is 0.394 e. The third kappa shape index (κ3) is 3.05. The van der Waals surface area contributed by atoms with Crippen LogP contribution in [0.5, 0.6) is 0 Å². The maximum absolute atomic E-state index is 12.1. The molecule has 0 aromatic heterocycles. The third-order valence-corrected chi connectivity index (χ3v) is 3.44. The number of benzene rings is 1. The molecule has 1 amide bonds. The summed E-state index contributed by atoms with van der Waals surface area (Å²) in [5.74, 6) is -0.153. The number of likely N-dealkylation sites (tertiary alicyclic amines) is 1. The first-order valence-electron chi connectivity index (χ1n) is 6.51. The summed E-state index contributed by atoms with van der Waals surface area (Å²) in [6.07, 6.45) is 1.68. The van der Waals surface area contributed by atoms with Crippen molar-refractivity contribution in [2.45, 2.75) is 18.9 Å². The number of amides is 1. The van der Waals surface area contributed by atoms with E-state index in [1.54, 1.807) is 23.1 Å². The van der Waals surface area contributed by atoms with Gasteiger partial charge in [-0.2, -0.15) is 0 Å². The minimum atomic E-state index is -0.487. The molecule has 0 unspecified atom stereocenters. The summed E-state index contributed by atoms with van der Waals surface area (Å²) in [5, 5.41) is 22.8. The second-order valence-corrected chi connectivity index (χ2v) is 4.69. The first kappa shape index (κ1) is 14.3. The van der Waals surface area contributed by atoms with Gasteiger partial charge in [0.2, 0.25) is 5.91 Å². The minimum absolute atomic E-state index is 0.0125. The quantitative estimate of drug-likeness (QED) is 0.619. The van der Waals surface area contributed by atoms with E-state index in [-0.39, 0.29) is 30.8 Å². The molecule has 0 aliphatic carbocycles. The molecule has 0 spiro atoms.